The molecule has 170 valence electrons. The summed E-state index contributed by atoms with van der Waals surface area (Å²) in [7, 11) is -3.86. The van der Waals surface area contributed by atoms with Crippen LogP contribution in [0.15, 0.2) is 52.2 Å². The zero-order valence-electron chi connectivity index (χ0n) is 17.4. The molecule has 32 heavy (non-hydrogen) atoms. The third-order valence-electron chi connectivity index (χ3n) is 5.02. The molecule has 3 aromatic rings. The van der Waals surface area contributed by atoms with Crippen LogP contribution < -0.4 is 14.3 Å². The number of nitrogens with one attached hydrogen (secondary N) is 1. The van der Waals surface area contributed by atoms with Gasteiger partial charge < -0.3 is 14.4 Å². The molecule has 0 unspecified atom stereocenters. The Hall–Kier alpha value is -2.89. The van der Waals surface area contributed by atoms with Gasteiger partial charge in [0.2, 0.25) is 5.91 Å². The van der Waals surface area contributed by atoms with Crippen LogP contribution in [0.2, 0.25) is 0 Å². The number of carbonyl (C=O) groups excluding carboxylic acids is 1. The summed E-state index contributed by atoms with van der Waals surface area (Å²) >= 11 is 0.915. The summed E-state index contributed by atoms with van der Waals surface area (Å²) in [4.78, 5) is 26.4. The number of hydrogen-bond acceptors (Lipinski definition) is 7. The molecule has 4 rings (SSSR count). The molecular formula is C21H23N3O6S2. The molecule has 1 amide bonds. The molecule has 2 heterocycles. The van der Waals surface area contributed by atoms with Gasteiger partial charge in [-0.1, -0.05) is 11.3 Å². The van der Waals surface area contributed by atoms with Gasteiger partial charge in [0, 0.05) is 18.8 Å². The maximum absolute atomic E-state index is 12.8. The Labute approximate surface area is 189 Å². The first-order valence-corrected chi connectivity index (χ1v) is 12.4. The molecule has 0 aliphatic carbocycles. The average molecular weight is 478 g/mol. The highest BCUT2D eigenvalue weighted by Gasteiger charge is 2.21. The van der Waals surface area contributed by atoms with Crippen molar-refractivity contribution in [2.24, 2.45) is 0 Å². The van der Waals surface area contributed by atoms with Crippen molar-refractivity contribution in [2.75, 3.05) is 37.6 Å². The molecule has 0 radical (unpaired) electrons. The fourth-order valence-electron chi connectivity index (χ4n) is 3.41. The lowest BCUT2D eigenvalue weighted by molar-refractivity contribution is -0.135. The summed E-state index contributed by atoms with van der Waals surface area (Å²) in [5, 5.41) is 0. The number of benzene rings is 2. The standard InChI is InChI=1S/C21H23N3O6S2/c1-2-30-16-5-3-15(4-6-16)22-32(27,28)17-7-8-18-19(13-17)31-21(26)24(18)14-20(25)23-9-11-29-12-10-23/h3-8,13,22H,2,9-12,14H2,1H3. The number of nitrogens with zero attached hydrogens (tertiary/aromatic N) is 2. The molecule has 9 nitrogen and oxygen atoms in total. The summed E-state index contributed by atoms with van der Waals surface area (Å²) < 4.78 is 40.7. The second-order valence-corrected chi connectivity index (χ2v) is 9.82. The molecule has 0 atom stereocenters. The summed E-state index contributed by atoms with van der Waals surface area (Å²) in [6.07, 6.45) is 0. The van der Waals surface area contributed by atoms with E-state index in [0.717, 1.165) is 11.3 Å². The summed E-state index contributed by atoms with van der Waals surface area (Å²) in [5.41, 5.74) is 0.928. The van der Waals surface area contributed by atoms with E-state index in [1.54, 1.807) is 35.2 Å². The van der Waals surface area contributed by atoms with Crippen molar-refractivity contribution < 1.29 is 22.7 Å². The van der Waals surface area contributed by atoms with E-state index in [0.29, 0.717) is 54.6 Å². The van der Waals surface area contributed by atoms with Gasteiger partial charge in [-0.05, 0) is 49.4 Å². The minimum Gasteiger partial charge on any atom is -0.494 e. The Balaban J connectivity index is 1.55. The van der Waals surface area contributed by atoms with Crippen LogP contribution in [0.4, 0.5) is 5.69 Å². The normalized spacial score (nSPS) is 14.5. The first-order valence-electron chi connectivity index (χ1n) is 10.1. The SMILES string of the molecule is CCOc1ccc(NS(=O)(=O)c2ccc3c(c2)sc(=O)n3CC(=O)N2CCOCC2)cc1. The Morgan fingerprint density at radius 3 is 2.56 bits per heavy atom. The van der Waals surface area contributed by atoms with Crippen LogP contribution in [0.25, 0.3) is 10.2 Å². The lowest BCUT2D eigenvalue weighted by Gasteiger charge is -2.26. The second kappa shape index (κ2) is 9.31. The van der Waals surface area contributed by atoms with Crippen LogP contribution in [0.1, 0.15) is 6.92 Å². The molecule has 1 fully saturated rings. The van der Waals surface area contributed by atoms with Gasteiger partial charge in [-0.15, -0.1) is 0 Å². The van der Waals surface area contributed by atoms with Gasteiger partial charge in [0.25, 0.3) is 10.0 Å². The van der Waals surface area contributed by atoms with E-state index in [1.165, 1.54) is 16.7 Å². The molecule has 2 aromatic carbocycles. The molecule has 0 spiro atoms. The lowest BCUT2D eigenvalue weighted by atomic mass is 10.3. The van der Waals surface area contributed by atoms with Crippen molar-refractivity contribution in [3.8, 4) is 5.75 Å². The van der Waals surface area contributed by atoms with Gasteiger partial charge in [0.05, 0.1) is 34.9 Å². The maximum Gasteiger partial charge on any atom is 0.308 e. The third-order valence-corrected chi connectivity index (χ3v) is 7.35. The number of aromatic nitrogens is 1. The number of amides is 1. The molecule has 1 N–H and O–H groups in total. The van der Waals surface area contributed by atoms with Crippen LogP contribution >= 0.6 is 11.3 Å². The van der Waals surface area contributed by atoms with Gasteiger partial charge in [-0.3, -0.25) is 18.9 Å². The van der Waals surface area contributed by atoms with Crippen LogP contribution in [0, 0.1) is 0 Å². The lowest BCUT2D eigenvalue weighted by Crippen LogP contribution is -2.43. The minimum absolute atomic E-state index is 0.0341. The van der Waals surface area contributed by atoms with Crippen LogP contribution in [0.3, 0.4) is 0 Å². The number of morpholine rings is 1. The number of anilines is 1. The number of thiazole rings is 1. The van der Waals surface area contributed by atoms with Crippen LogP contribution in [0.5, 0.6) is 5.75 Å². The van der Waals surface area contributed by atoms with E-state index in [1.807, 2.05) is 6.92 Å². The van der Waals surface area contributed by atoms with Crippen LogP contribution in [-0.4, -0.2) is 56.7 Å². The van der Waals surface area contributed by atoms with E-state index >= 15 is 0 Å². The van der Waals surface area contributed by atoms with E-state index in [-0.39, 0.29) is 22.2 Å². The predicted molar refractivity (Wildman–Crippen MR) is 122 cm³/mol. The van der Waals surface area contributed by atoms with Crippen molar-refractivity contribution >= 4 is 43.2 Å². The smallest absolute Gasteiger partial charge is 0.308 e. The Morgan fingerprint density at radius 2 is 1.88 bits per heavy atom. The van der Waals surface area contributed by atoms with E-state index < -0.39 is 10.0 Å². The van der Waals surface area contributed by atoms with E-state index in [9.17, 15) is 18.0 Å². The second-order valence-electron chi connectivity index (χ2n) is 7.14. The van der Waals surface area contributed by atoms with Gasteiger partial charge in [-0.25, -0.2) is 8.42 Å². The van der Waals surface area contributed by atoms with Crippen molar-refractivity contribution in [3.05, 3.63) is 52.1 Å². The minimum atomic E-state index is -3.86. The maximum atomic E-state index is 12.8. The first kappa shape index (κ1) is 22.3. The zero-order valence-corrected chi connectivity index (χ0v) is 19.1. The molecule has 0 bridgehead atoms. The zero-order chi connectivity index (χ0) is 22.7. The number of ether oxygens (including phenoxy) is 2. The number of hydrogen-bond donors (Lipinski definition) is 1. The molecular weight excluding hydrogens is 454 g/mol. The van der Waals surface area contributed by atoms with E-state index in [4.69, 9.17) is 9.47 Å². The number of rotatable bonds is 7. The fourth-order valence-corrected chi connectivity index (χ4v) is 5.50. The van der Waals surface area contributed by atoms with Crippen molar-refractivity contribution in [3.63, 3.8) is 0 Å². The molecule has 11 heteroatoms. The summed E-state index contributed by atoms with van der Waals surface area (Å²) in [5.74, 6) is 0.485. The fraction of sp³-hybridized carbons (Fsp3) is 0.333. The molecule has 0 saturated carbocycles. The van der Waals surface area contributed by atoms with Crippen molar-refractivity contribution in [2.45, 2.75) is 18.4 Å². The summed E-state index contributed by atoms with van der Waals surface area (Å²) in [6.45, 7) is 4.25. The molecule has 1 saturated heterocycles. The molecule has 1 aliphatic heterocycles. The van der Waals surface area contributed by atoms with Gasteiger partial charge in [-0.2, -0.15) is 0 Å². The Bertz CT molecular complexity index is 1280. The predicted octanol–water partition coefficient (Wildman–Crippen LogP) is 2.12. The molecule has 1 aliphatic rings. The van der Waals surface area contributed by atoms with E-state index in [2.05, 4.69) is 4.72 Å². The molecule has 1 aromatic heterocycles. The Morgan fingerprint density at radius 1 is 1.16 bits per heavy atom. The number of fused-ring (bicyclic) bond motifs is 1. The number of sulfonamides is 1. The first-order chi connectivity index (χ1) is 15.4. The largest absolute Gasteiger partial charge is 0.494 e. The van der Waals surface area contributed by atoms with Crippen molar-refractivity contribution in [1.29, 1.82) is 0 Å². The van der Waals surface area contributed by atoms with Gasteiger partial charge in [0.1, 0.15) is 12.3 Å². The van der Waals surface area contributed by atoms with Crippen LogP contribution in [-0.2, 0) is 26.1 Å². The topological polar surface area (TPSA) is 107 Å². The average Bonchev–Trinajstić information content (AvgIpc) is 3.10. The third kappa shape index (κ3) is 4.79. The van der Waals surface area contributed by atoms with Gasteiger partial charge >= 0.3 is 4.87 Å². The Kier molecular flexibility index (Phi) is 6.49. The number of carbonyl (C=O) groups is 1. The highest BCUT2D eigenvalue weighted by Crippen LogP contribution is 2.24. The summed E-state index contributed by atoms with van der Waals surface area (Å²) in [6, 6.07) is 11.0. The highest BCUT2D eigenvalue weighted by molar-refractivity contribution is 7.92. The quantitative estimate of drug-likeness (QED) is 0.559. The van der Waals surface area contributed by atoms with Crippen molar-refractivity contribution in [1.82, 2.24) is 9.47 Å². The monoisotopic (exact) mass is 477 g/mol. The van der Waals surface area contributed by atoms with Gasteiger partial charge in [0.15, 0.2) is 0 Å². The highest BCUT2D eigenvalue weighted by atomic mass is 32.2.